The highest BCUT2D eigenvalue weighted by atomic mass is 32.2. The standard InChI is InChI=1S/C17H24N4O3S2/c1-6-8(2)7-11-9(3)25-15-12(11)14(23)20-17(21-15)26-10(4)13(22)19-16(24)18-5/h8,10H,6-7H2,1-5H3,(H,20,21,23)(H2,18,19,22,24). The molecule has 2 aromatic rings. The van der Waals surface area contributed by atoms with Crippen molar-refractivity contribution in [3.8, 4) is 0 Å². The number of thiophene rings is 1. The van der Waals surface area contributed by atoms with Crippen LogP contribution in [0.15, 0.2) is 9.95 Å². The lowest BCUT2D eigenvalue weighted by molar-refractivity contribution is -0.119. The van der Waals surface area contributed by atoms with Gasteiger partial charge in [-0.05, 0) is 31.7 Å². The molecule has 0 aliphatic rings. The molecule has 0 aromatic carbocycles. The zero-order chi connectivity index (χ0) is 19.4. The van der Waals surface area contributed by atoms with Crippen molar-refractivity contribution in [1.29, 1.82) is 0 Å². The summed E-state index contributed by atoms with van der Waals surface area (Å²) < 4.78 is 0. The van der Waals surface area contributed by atoms with E-state index in [1.54, 1.807) is 6.92 Å². The third kappa shape index (κ3) is 4.64. The number of nitrogens with zero attached hydrogens (tertiary/aromatic N) is 1. The first-order valence-electron chi connectivity index (χ1n) is 8.48. The van der Waals surface area contributed by atoms with E-state index in [1.165, 1.54) is 18.4 Å². The quantitative estimate of drug-likeness (QED) is 0.514. The fourth-order valence-electron chi connectivity index (χ4n) is 2.45. The van der Waals surface area contributed by atoms with E-state index >= 15 is 0 Å². The molecule has 3 amide bonds. The number of aromatic nitrogens is 2. The highest BCUT2D eigenvalue weighted by Crippen LogP contribution is 2.31. The maximum atomic E-state index is 12.6. The third-order valence-corrected chi connectivity index (χ3v) is 6.24. The minimum atomic E-state index is -0.575. The molecule has 2 aromatic heterocycles. The van der Waals surface area contributed by atoms with Gasteiger partial charge in [-0.1, -0.05) is 32.0 Å². The number of nitrogens with one attached hydrogen (secondary N) is 3. The molecule has 7 nitrogen and oxygen atoms in total. The zero-order valence-electron chi connectivity index (χ0n) is 15.6. The maximum Gasteiger partial charge on any atom is 0.321 e. The molecule has 142 valence electrons. The van der Waals surface area contributed by atoms with Crippen LogP contribution in [0.25, 0.3) is 10.2 Å². The van der Waals surface area contributed by atoms with Crippen LogP contribution in [0.4, 0.5) is 4.79 Å². The molecular formula is C17H24N4O3S2. The smallest absolute Gasteiger partial charge is 0.321 e. The SMILES string of the molecule is CCC(C)Cc1c(C)sc2nc(SC(C)C(=O)NC(=O)NC)[nH]c(=O)c12. The largest absolute Gasteiger partial charge is 0.341 e. The van der Waals surface area contributed by atoms with Crippen LogP contribution in [0.1, 0.15) is 37.6 Å². The summed E-state index contributed by atoms with van der Waals surface area (Å²) in [6.45, 7) is 7.97. The molecule has 0 spiro atoms. The number of thioether (sulfide) groups is 1. The average molecular weight is 397 g/mol. The summed E-state index contributed by atoms with van der Waals surface area (Å²) >= 11 is 2.61. The van der Waals surface area contributed by atoms with Crippen LogP contribution in [-0.2, 0) is 11.2 Å². The van der Waals surface area contributed by atoms with E-state index in [0.717, 1.165) is 35.0 Å². The Morgan fingerprint density at radius 3 is 2.65 bits per heavy atom. The highest BCUT2D eigenvalue weighted by Gasteiger charge is 2.20. The van der Waals surface area contributed by atoms with Crippen molar-refractivity contribution in [3.63, 3.8) is 0 Å². The number of aromatic amines is 1. The number of rotatable bonds is 6. The first-order chi connectivity index (χ1) is 12.3. The van der Waals surface area contributed by atoms with Crippen LogP contribution >= 0.6 is 23.1 Å². The summed E-state index contributed by atoms with van der Waals surface area (Å²) in [7, 11) is 1.43. The Bertz CT molecular complexity index is 875. The Kier molecular flexibility index (Phi) is 6.82. The molecule has 2 atom stereocenters. The molecule has 0 saturated carbocycles. The van der Waals surface area contributed by atoms with Gasteiger partial charge in [0.25, 0.3) is 5.56 Å². The van der Waals surface area contributed by atoms with Gasteiger partial charge in [-0.3, -0.25) is 14.9 Å². The van der Waals surface area contributed by atoms with Crippen molar-refractivity contribution < 1.29 is 9.59 Å². The number of hydrogen-bond donors (Lipinski definition) is 3. The van der Waals surface area contributed by atoms with Gasteiger partial charge in [0, 0.05) is 11.9 Å². The van der Waals surface area contributed by atoms with E-state index in [9.17, 15) is 14.4 Å². The summed E-state index contributed by atoms with van der Waals surface area (Å²) in [5.41, 5.74) is 0.883. The number of fused-ring (bicyclic) bond motifs is 1. The zero-order valence-corrected chi connectivity index (χ0v) is 17.2. The van der Waals surface area contributed by atoms with Crippen LogP contribution in [0.2, 0.25) is 0 Å². The fraction of sp³-hybridized carbons (Fsp3) is 0.529. The van der Waals surface area contributed by atoms with Gasteiger partial charge in [-0.25, -0.2) is 9.78 Å². The molecule has 0 fully saturated rings. The summed E-state index contributed by atoms with van der Waals surface area (Å²) in [5.74, 6) is 0.0466. The Hall–Kier alpha value is -1.87. The lowest BCUT2D eigenvalue weighted by Crippen LogP contribution is -2.41. The number of amides is 3. The number of aryl methyl sites for hydroxylation is 1. The van der Waals surface area contributed by atoms with Crippen molar-refractivity contribution in [1.82, 2.24) is 20.6 Å². The Morgan fingerprint density at radius 1 is 1.35 bits per heavy atom. The Balaban J connectivity index is 2.27. The minimum absolute atomic E-state index is 0.181. The molecule has 3 N–H and O–H groups in total. The van der Waals surface area contributed by atoms with Crippen LogP contribution in [-0.4, -0.2) is 34.2 Å². The lowest BCUT2D eigenvalue weighted by atomic mass is 9.98. The predicted molar refractivity (Wildman–Crippen MR) is 106 cm³/mol. The van der Waals surface area contributed by atoms with Gasteiger partial charge in [0.1, 0.15) is 4.83 Å². The van der Waals surface area contributed by atoms with E-state index in [1.807, 2.05) is 6.92 Å². The van der Waals surface area contributed by atoms with Gasteiger partial charge in [0.15, 0.2) is 5.16 Å². The van der Waals surface area contributed by atoms with Gasteiger partial charge in [0.2, 0.25) is 5.91 Å². The molecule has 0 aliphatic carbocycles. The van der Waals surface area contributed by atoms with Crippen LogP contribution in [0.3, 0.4) is 0 Å². The molecule has 0 radical (unpaired) electrons. The number of carbonyl (C=O) groups is 2. The number of hydrogen-bond acceptors (Lipinski definition) is 6. The predicted octanol–water partition coefficient (Wildman–Crippen LogP) is 2.82. The second kappa shape index (κ2) is 8.68. The molecule has 0 saturated heterocycles. The van der Waals surface area contributed by atoms with Gasteiger partial charge in [-0.15, -0.1) is 11.3 Å². The van der Waals surface area contributed by atoms with Gasteiger partial charge in [0.05, 0.1) is 10.6 Å². The topological polar surface area (TPSA) is 104 Å². The van der Waals surface area contributed by atoms with E-state index < -0.39 is 17.2 Å². The van der Waals surface area contributed by atoms with Crippen molar-refractivity contribution in [2.45, 2.75) is 50.9 Å². The summed E-state index contributed by atoms with van der Waals surface area (Å²) in [6.07, 6.45) is 1.90. The number of imide groups is 1. The molecule has 2 rings (SSSR count). The Morgan fingerprint density at radius 2 is 2.04 bits per heavy atom. The third-order valence-electron chi connectivity index (χ3n) is 4.21. The number of H-pyrrole nitrogens is 1. The molecule has 2 heterocycles. The Labute approximate surface area is 160 Å². The maximum absolute atomic E-state index is 12.6. The minimum Gasteiger partial charge on any atom is -0.341 e. The number of urea groups is 1. The first kappa shape index (κ1) is 20.4. The van der Waals surface area contributed by atoms with Gasteiger partial charge < -0.3 is 10.3 Å². The van der Waals surface area contributed by atoms with E-state index in [0.29, 0.717) is 21.3 Å². The van der Waals surface area contributed by atoms with Crippen molar-refractivity contribution in [2.75, 3.05) is 7.05 Å². The normalized spacial score (nSPS) is 13.4. The molecular weight excluding hydrogens is 372 g/mol. The van der Waals surface area contributed by atoms with Crippen molar-refractivity contribution >= 4 is 45.3 Å². The van der Waals surface area contributed by atoms with Crippen molar-refractivity contribution in [3.05, 3.63) is 20.8 Å². The van der Waals surface area contributed by atoms with Crippen LogP contribution in [0.5, 0.6) is 0 Å². The molecule has 2 unspecified atom stereocenters. The second-order valence-corrected chi connectivity index (χ2v) is 8.77. The molecule has 0 bridgehead atoms. The number of carbonyl (C=O) groups excluding carboxylic acids is 2. The summed E-state index contributed by atoms with van der Waals surface area (Å²) in [5, 5.41) is 4.99. The van der Waals surface area contributed by atoms with E-state index in [2.05, 4.69) is 34.4 Å². The molecule has 0 aliphatic heterocycles. The molecule has 26 heavy (non-hydrogen) atoms. The van der Waals surface area contributed by atoms with Crippen molar-refractivity contribution in [2.24, 2.45) is 5.92 Å². The van der Waals surface area contributed by atoms with Gasteiger partial charge >= 0.3 is 6.03 Å². The average Bonchev–Trinajstić information content (AvgIpc) is 2.90. The first-order valence-corrected chi connectivity index (χ1v) is 10.2. The van der Waals surface area contributed by atoms with Crippen LogP contribution < -0.4 is 16.2 Å². The van der Waals surface area contributed by atoms with Crippen LogP contribution in [0, 0.1) is 12.8 Å². The second-order valence-electron chi connectivity index (χ2n) is 6.23. The lowest BCUT2D eigenvalue weighted by Gasteiger charge is -2.10. The fourth-order valence-corrected chi connectivity index (χ4v) is 4.35. The monoisotopic (exact) mass is 396 g/mol. The van der Waals surface area contributed by atoms with E-state index in [4.69, 9.17) is 0 Å². The highest BCUT2D eigenvalue weighted by molar-refractivity contribution is 8.00. The molecule has 9 heteroatoms. The van der Waals surface area contributed by atoms with E-state index in [-0.39, 0.29) is 5.56 Å². The summed E-state index contributed by atoms with van der Waals surface area (Å²) in [4.78, 5) is 44.9. The summed E-state index contributed by atoms with van der Waals surface area (Å²) in [6, 6.07) is -0.567. The van der Waals surface area contributed by atoms with Gasteiger partial charge in [-0.2, -0.15) is 0 Å².